The van der Waals surface area contributed by atoms with Crippen molar-refractivity contribution >= 4 is 40.4 Å². The Kier molecular flexibility index (Phi) is 7.14. The Bertz CT molecular complexity index is 1300. The van der Waals surface area contributed by atoms with Crippen LogP contribution in [-0.2, 0) is 9.53 Å². The molecule has 0 bridgehead atoms. The van der Waals surface area contributed by atoms with E-state index in [1.807, 2.05) is 6.92 Å². The van der Waals surface area contributed by atoms with Crippen LogP contribution in [-0.4, -0.2) is 39.7 Å². The molecule has 0 aliphatic rings. The van der Waals surface area contributed by atoms with E-state index in [0.29, 0.717) is 29.1 Å². The molecular weight excluding hydrogens is 450 g/mol. The summed E-state index contributed by atoms with van der Waals surface area (Å²) in [5.74, 6) is 0.250. The third kappa shape index (κ3) is 5.95. The fourth-order valence-corrected chi connectivity index (χ4v) is 3.50. The van der Waals surface area contributed by atoms with Crippen LogP contribution in [0.3, 0.4) is 0 Å². The highest BCUT2D eigenvalue weighted by atomic mass is 16.6. The second-order valence-electron chi connectivity index (χ2n) is 9.55. The molecule has 0 radical (unpaired) electrons. The van der Waals surface area contributed by atoms with Gasteiger partial charge in [0.25, 0.3) is 11.9 Å². The average molecular weight is 482 g/mol. The van der Waals surface area contributed by atoms with Gasteiger partial charge in [0.2, 0.25) is 0 Å². The van der Waals surface area contributed by atoms with Gasteiger partial charge in [-0.25, -0.2) is 14.6 Å². The summed E-state index contributed by atoms with van der Waals surface area (Å²) in [6.45, 7) is 12.6. The van der Waals surface area contributed by atoms with Crippen LogP contribution in [0.1, 0.15) is 47.1 Å². The molecule has 10 heteroatoms. The van der Waals surface area contributed by atoms with Crippen molar-refractivity contribution < 1.29 is 18.7 Å². The van der Waals surface area contributed by atoms with Gasteiger partial charge in [-0.05, 0) is 78.3 Å². The maximum atomic E-state index is 13.3. The number of anilines is 3. The van der Waals surface area contributed by atoms with Crippen molar-refractivity contribution in [1.29, 1.82) is 0 Å². The lowest BCUT2D eigenvalue weighted by Gasteiger charge is -2.31. The number of carbonyl (C=O) groups excluding carboxylic acids is 2. The number of nitrogens with one attached hydrogen (secondary N) is 2. The summed E-state index contributed by atoms with van der Waals surface area (Å²) in [7, 11) is 0. The highest BCUT2D eigenvalue weighted by molar-refractivity contribution is 6.00. The minimum absolute atomic E-state index is 0.0924. The number of likely N-dealkylation sites (N-methyl/N-ethyl adjacent to an activating group) is 1. The Morgan fingerprint density at radius 1 is 1.11 bits per heavy atom. The highest BCUT2D eigenvalue weighted by Gasteiger charge is 2.34. The summed E-state index contributed by atoms with van der Waals surface area (Å²) in [4.78, 5) is 48.5. The molecule has 10 nitrogen and oxygen atoms in total. The molecule has 2 amide bonds. The molecule has 0 saturated carbocycles. The van der Waals surface area contributed by atoms with Crippen LogP contribution in [0.15, 0.2) is 45.7 Å². The Morgan fingerprint density at radius 2 is 1.83 bits per heavy atom. The van der Waals surface area contributed by atoms with Crippen LogP contribution in [0.5, 0.6) is 0 Å². The molecule has 2 N–H and O–H groups in total. The quantitative estimate of drug-likeness (QED) is 0.528. The van der Waals surface area contributed by atoms with Gasteiger partial charge in [0.15, 0.2) is 0 Å². The van der Waals surface area contributed by atoms with E-state index in [-0.39, 0.29) is 17.3 Å². The number of amides is 2. The lowest BCUT2D eigenvalue weighted by molar-refractivity contribution is -0.122. The smallest absolute Gasteiger partial charge is 0.412 e. The van der Waals surface area contributed by atoms with Crippen LogP contribution < -0.4 is 21.2 Å². The molecule has 0 atom stereocenters. The van der Waals surface area contributed by atoms with Gasteiger partial charge in [-0.1, -0.05) is 6.07 Å². The van der Waals surface area contributed by atoms with E-state index >= 15 is 0 Å². The predicted octanol–water partition coefficient (Wildman–Crippen LogP) is 4.48. The normalized spacial score (nSPS) is 11.7. The first kappa shape index (κ1) is 25.7. The van der Waals surface area contributed by atoms with Gasteiger partial charge in [0.1, 0.15) is 17.0 Å². The first-order valence-corrected chi connectivity index (χ1v) is 11.3. The molecule has 1 aromatic carbocycles. The van der Waals surface area contributed by atoms with Crippen molar-refractivity contribution in [2.45, 2.75) is 59.6 Å². The lowest BCUT2D eigenvalue weighted by atomic mass is 10.0. The summed E-state index contributed by atoms with van der Waals surface area (Å²) in [6, 6.07) is 8.46. The summed E-state index contributed by atoms with van der Waals surface area (Å²) in [6.07, 6.45) is 0.980. The van der Waals surface area contributed by atoms with Crippen molar-refractivity contribution in [2.24, 2.45) is 0 Å². The van der Waals surface area contributed by atoms with Crippen molar-refractivity contribution in [3.05, 3.63) is 52.5 Å². The van der Waals surface area contributed by atoms with Crippen molar-refractivity contribution in [3.8, 4) is 0 Å². The van der Waals surface area contributed by atoms with Crippen molar-refractivity contribution in [3.63, 3.8) is 0 Å². The SMILES string of the molecule is CCN(C(=O)C(C)(C)Nc1nc2ccc(NC(=O)OC(C)(C)C)c(C)c2c(=O)o1)c1ccccn1. The van der Waals surface area contributed by atoms with Crippen molar-refractivity contribution in [1.82, 2.24) is 9.97 Å². The van der Waals surface area contributed by atoms with Gasteiger partial charge in [-0.15, -0.1) is 0 Å². The zero-order valence-electron chi connectivity index (χ0n) is 21.1. The number of rotatable bonds is 6. The number of fused-ring (bicyclic) bond motifs is 1. The average Bonchev–Trinajstić information content (AvgIpc) is 2.75. The highest BCUT2D eigenvalue weighted by Crippen LogP contribution is 2.25. The molecule has 3 rings (SSSR count). The maximum Gasteiger partial charge on any atom is 0.412 e. The van der Waals surface area contributed by atoms with Gasteiger partial charge >= 0.3 is 11.7 Å². The number of pyridine rings is 1. The van der Waals surface area contributed by atoms with E-state index < -0.39 is 22.9 Å². The number of aromatic nitrogens is 2. The van der Waals surface area contributed by atoms with E-state index in [9.17, 15) is 14.4 Å². The zero-order chi connectivity index (χ0) is 26.0. The maximum absolute atomic E-state index is 13.3. The molecule has 186 valence electrons. The second kappa shape index (κ2) is 9.73. The number of ether oxygens (including phenoxy) is 1. The number of nitrogens with zero attached hydrogens (tertiary/aromatic N) is 3. The third-order valence-electron chi connectivity index (χ3n) is 5.14. The molecule has 2 aromatic heterocycles. The summed E-state index contributed by atoms with van der Waals surface area (Å²) in [5, 5.41) is 5.81. The van der Waals surface area contributed by atoms with Gasteiger partial charge < -0.3 is 14.5 Å². The number of hydrogen-bond donors (Lipinski definition) is 2. The first-order chi connectivity index (χ1) is 16.3. The standard InChI is InChI=1S/C25H31N5O5/c1-8-30(18-11-9-10-14-26-18)21(32)25(6,7)29-22-27-17-13-12-16(15(2)19(17)20(31)34-22)28-23(33)35-24(3,4)5/h9-14H,8H2,1-7H3,(H,27,29)(H,28,33). The molecule has 2 heterocycles. The van der Waals surface area contributed by atoms with Crippen LogP contribution in [0.25, 0.3) is 10.9 Å². The van der Waals surface area contributed by atoms with Crippen LogP contribution in [0.4, 0.5) is 22.3 Å². The number of hydrogen-bond acceptors (Lipinski definition) is 8. The van der Waals surface area contributed by atoms with E-state index in [1.54, 1.807) is 78.1 Å². The topological polar surface area (TPSA) is 127 Å². The minimum Gasteiger partial charge on any atom is -0.444 e. The molecule has 0 aliphatic heterocycles. The first-order valence-electron chi connectivity index (χ1n) is 11.3. The van der Waals surface area contributed by atoms with Gasteiger partial charge in [-0.3, -0.25) is 15.0 Å². The van der Waals surface area contributed by atoms with Crippen LogP contribution >= 0.6 is 0 Å². The summed E-state index contributed by atoms with van der Waals surface area (Å²) in [5.41, 5.74) is -1.21. The molecular formula is C25H31N5O5. The summed E-state index contributed by atoms with van der Waals surface area (Å²) >= 11 is 0. The molecule has 0 saturated heterocycles. The van der Waals surface area contributed by atoms with E-state index in [4.69, 9.17) is 9.15 Å². The largest absolute Gasteiger partial charge is 0.444 e. The lowest BCUT2D eigenvalue weighted by Crippen LogP contribution is -2.50. The fourth-order valence-electron chi connectivity index (χ4n) is 3.50. The fraction of sp³-hybridized carbons (Fsp3) is 0.400. The van der Waals surface area contributed by atoms with Gasteiger partial charge in [-0.2, -0.15) is 4.98 Å². The Labute approximate surface area is 203 Å². The Balaban J connectivity index is 1.88. The molecule has 0 aliphatic carbocycles. The van der Waals surface area contributed by atoms with Gasteiger partial charge in [0.05, 0.1) is 10.9 Å². The van der Waals surface area contributed by atoms with Crippen LogP contribution in [0.2, 0.25) is 0 Å². The van der Waals surface area contributed by atoms with Crippen molar-refractivity contribution in [2.75, 3.05) is 22.1 Å². The zero-order valence-corrected chi connectivity index (χ0v) is 21.1. The summed E-state index contributed by atoms with van der Waals surface area (Å²) < 4.78 is 10.7. The van der Waals surface area contributed by atoms with E-state index in [1.165, 1.54) is 4.90 Å². The Hall–Kier alpha value is -3.95. The van der Waals surface area contributed by atoms with Gasteiger partial charge in [0, 0.05) is 18.4 Å². The minimum atomic E-state index is -1.16. The van der Waals surface area contributed by atoms with Crippen LogP contribution in [0, 0.1) is 6.92 Å². The Morgan fingerprint density at radius 3 is 2.43 bits per heavy atom. The second-order valence-corrected chi connectivity index (χ2v) is 9.55. The molecule has 0 spiro atoms. The predicted molar refractivity (Wildman–Crippen MR) is 135 cm³/mol. The number of benzene rings is 1. The number of carbonyl (C=O) groups is 2. The number of aryl methyl sites for hydroxylation is 1. The molecule has 0 unspecified atom stereocenters. The molecule has 0 fully saturated rings. The van der Waals surface area contributed by atoms with E-state index in [0.717, 1.165) is 0 Å². The third-order valence-corrected chi connectivity index (χ3v) is 5.14. The molecule has 35 heavy (non-hydrogen) atoms. The monoisotopic (exact) mass is 481 g/mol. The molecule has 3 aromatic rings. The van der Waals surface area contributed by atoms with E-state index in [2.05, 4.69) is 20.6 Å².